The Balaban J connectivity index is 1.52. The molecule has 0 amide bonds. The van der Waals surface area contributed by atoms with Gasteiger partial charge in [-0.1, -0.05) is 36.4 Å². The first kappa shape index (κ1) is 16.3. The maximum absolute atomic E-state index is 12.6. The van der Waals surface area contributed by atoms with Crippen molar-refractivity contribution in [3.05, 3.63) is 47.8 Å². The molecule has 2 aromatic rings. The van der Waals surface area contributed by atoms with E-state index in [4.69, 9.17) is 0 Å². The number of halogens is 3. The molecule has 0 radical (unpaired) electrons. The fourth-order valence-electron chi connectivity index (χ4n) is 3.82. The van der Waals surface area contributed by atoms with Crippen LogP contribution in [-0.4, -0.2) is 43.4 Å². The molecule has 3 heterocycles. The lowest BCUT2D eigenvalue weighted by molar-refractivity contribution is -0.143. The molecule has 2 unspecified atom stereocenters. The van der Waals surface area contributed by atoms with Gasteiger partial charge in [-0.2, -0.15) is 13.2 Å². The Labute approximate surface area is 143 Å². The summed E-state index contributed by atoms with van der Waals surface area (Å²) in [5.74, 6) is 0.269. The van der Waals surface area contributed by atoms with Gasteiger partial charge in [0.2, 0.25) is 0 Å². The Morgan fingerprint density at radius 1 is 1.12 bits per heavy atom. The van der Waals surface area contributed by atoms with Crippen molar-refractivity contribution in [3.8, 4) is 0 Å². The van der Waals surface area contributed by atoms with Gasteiger partial charge in [-0.15, -0.1) is 5.10 Å². The maximum Gasteiger partial charge on any atom is 0.408 e. The quantitative estimate of drug-likeness (QED) is 0.851. The van der Waals surface area contributed by atoms with Gasteiger partial charge in [0.05, 0.1) is 6.54 Å². The third-order valence-corrected chi connectivity index (χ3v) is 4.94. The molecule has 1 aromatic heterocycles. The second kappa shape index (κ2) is 6.25. The van der Waals surface area contributed by atoms with E-state index in [0.717, 1.165) is 23.9 Å². The molecule has 1 saturated heterocycles. The van der Waals surface area contributed by atoms with Crippen LogP contribution in [0, 0.1) is 0 Å². The minimum Gasteiger partial charge on any atom is -0.286 e. The van der Waals surface area contributed by atoms with Crippen LogP contribution in [0.15, 0.2) is 36.4 Å². The number of rotatable bonds is 4. The van der Waals surface area contributed by atoms with Crippen molar-refractivity contribution >= 4 is 5.57 Å². The van der Waals surface area contributed by atoms with Gasteiger partial charge in [0, 0.05) is 12.1 Å². The van der Waals surface area contributed by atoms with E-state index in [1.165, 1.54) is 11.1 Å². The third kappa shape index (κ3) is 3.44. The highest BCUT2D eigenvalue weighted by Crippen LogP contribution is 2.39. The molecule has 2 atom stereocenters. The second-order valence-corrected chi connectivity index (χ2v) is 6.60. The van der Waals surface area contributed by atoms with Crippen molar-refractivity contribution in [2.24, 2.45) is 0 Å². The fraction of sp³-hybridized carbons (Fsp3) is 0.471. The Hall–Kier alpha value is -2.22. The van der Waals surface area contributed by atoms with Crippen LogP contribution in [0.1, 0.15) is 30.7 Å². The molecule has 5 nitrogen and oxygen atoms in total. The SMILES string of the molecule is FC(F)(F)Cn1nnnc1CN1C2C=C(c3ccccc3)CC1CC2. The van der Waals surface area contributed by atoms with E-state index >= 15 is 0 Å². The summed E-state index contributed by atoms with van der Waals surface area (Å²) in [6, 6.07) is 10.8. The summed E-state index contributed by atoms with van der Waals surface area (Å²) < 4.78 is 38.8. The summed E-state index contributed by atoms with van der Waals surface area (Å²) >= 11 is 0. The topological polar surface area (TPSA) is 46.8 Å². The summed E-state index contributed by atoms with van der Waals surface area (Å²) in [6.07, 6.45) is 0.879. The fourth-order valence-corrected chi connectivity index (χ4v) is 3.82. The second-order valence-electron chi connectivity index (χ2n) is 6.60. The monoisotopic (exact) mass is 349 g/mol. The molecule has 0 spiro atoms. The predicted octanol–water partition coefficient (Wildman–Crippen LogP) is 3.06. The van der Waals surface area contributed by atoms with E-state index < -0.39 is 12.7 Å². The maximum atomic E-state index is 12.6. The molecule has 4 rings (SSSR count). The number of hydrogen-bond donors (Lipinski definition) is 0. The van der Waals surface area contributed by atoms with Crippen LogP contribution in [0.5, 0.6) is 0 Å². The van der Waals surface area contributed by atoms with Gasteiger partial charge in [0.25, 0.3) is 0 Å². The number of hydrogen-bond acceptors (Lipinski definition) is 4. The molecule has 2 aliphatic heterocycles. The first-order valence-electron chi connectivity index (χ1n) is 8.33. The van der Waals surface area contributed by atoms with Gasteiger partial charge in [0.1, 0.15) is 6.54 Å². The molecule has 2 aliphatic rings. The van der Waals surface area contributed by atoms with E-state index in [-0.39, 0.29) is 11.9 Å². The van der Waals surface area contributed by atoms with Crippen LogP contribution >= 0.6 is 0 Å². The van der Waals surface area contributed by atoms with E-state index in [0.29, 0.717) is 12.6 Å². The molecule has 1 aromatic carbocycles. The van der Waals surface area contributed by atoms with Crippen LogP contribution in [0.3, 0.4) is 0 Å². The lowest BCUT2D eigenvalue weighted by Gasteiger charge is -2.33. The number of alkyl halides is 3. The Morgan fingerprint density at radius 2 is 1.92 bits per heavy atom. The van der Waals surface area contributed by atoms with Gasteiger partial charge >= 0.3 is 6.18 Å². The molecule has 8 heteroatoms. The molecular formula is C17H18F3N5. The normalized spacial score (nSPS) is 23.7. The van der Waals surface area contributed by atoms with Gasteiger partial charge in [-0.05, 0) is 40.8 Å². The molecule has 0 saturated carbocycles. The van der Waals surface area contributed by atoms with Crippen molar-refractivity contribution in [1.82, 2.24) is 25.1 Å². The average Bonchev–Trinajstić information content (AvgIpc) is 3.08. The third-order valence-electron chi connectivity index (χ3n) is 4.94. The van der Waals surface area contributed by atoms with Crippen molar-refractivity contribution in [2.45, 2.75) is 50.6 Å². The zero-order valence-electron chi connectivity index (χ0n) is 13.5. The van der Waals surface area contributed by atoms with E-state index in [9.17, 15) is 13.2 Å². The first-order chi connectivity index (χ1) is 12.0. The van der Waals surface area contributed by atoms with Gasteiger partial charge in [-0.3, -0.25) is 4.90 Å². The van der Waals surface area contributed by atoms with E-state index in [1.54, 1.807) is 0 Å². The molecular weight excluding hydrogens is 331 g/mol. The van der Waals surface area contributed by atoms with Crippen LogP contribution in [0.4, 0.5) is 13.2 Å². The van der Waals surface area contributed by atoms with E-state index in [1.807, 2.05) is 18.2 Å². The first-order valence-corrected chi connectivity index (χ1v) is 8.33. The zero-order valence-corrected chi connectivity index (χ0v) is 13.5. The smallest absolute Gasteiger partial charge is 0.286 e. The van der Waals surface area contributed by atoms with Gasteiger partial charge in [-0.25, -0.2) is 4.68 Å². The van der Waals surface area contributed by atoms with Crippen LogP contribution in [0.2, 0.25) is 0 Å². The number of fused-ring (bicyclic) bond motifs is 2. The van der Waals surface area contributed by atoms with E-state index in [2.05, 4.69) is 38.6 Å². The summed E-state index contributed by atoms with van der Waals surface area (Å²) in [5.41, 5.74) is 2.54. The average molecular weight is 349 g/mol. The predicted molar refractivity (Wildman–Crippen MR) is 85.3 cm³/mol. The van der Waals surface area contributed by atoms with Crippen molar-refractivity contribution in [1.29, 1.82) is 0 Å². The minimum atomic E-state index is -4.33. The van der Waals surface area contributed by atoms with Gasteiger partial charge < -0.3 is 0 Å². The molecule has 0 aliphatic carbocycles. The molecule has 132 valence electrons. The summed E-state index contributed by atoms with van der Waals surface area (Å²) in [4.78, 5) is 2.23. The summed E-state index contributed by atoms with van der Waals surface area (Å²) in [5, 5.41) is 10.7. The highest BCUT2D eigenvalue weighted by molar-refractivity contribution is 5.68. The lowest BCUT2D eigenvalue weighted by atomic mass is 9.95. The van der Waals surface area contributed by atoms with Gasteiger partial charge in [0.15, 0.2) is 5.82 Å². The Morgan fingerprint density at radius 3 is 2.64 bits per heavy atom. The molecule has 0 N–H and O–H groups in total. The van der Waals surface area contributed by atoms with Crippen LogP contribution in [-0.2, 0) is 13.1 Å². The van der Waals surface area contributed by atoms with Crippen molar-refractivity contribution < 1.29 is 13.2 Å². The lowest BCUT2D eigenvalue weighted by Crippen LogP contribution is -2.38. The standard InChI is InChI=1S/C17H18F3N5/c18-17(19,20)11-25-16(21-22-23-25)10-24-14-6-7-15(24)9-13(8-14)12-4-2-1-3-5-12/h1-5,8,14-15H,6-7,9-11H2. The summed E-state index contributed by atoms with van der Waals surface area (Å²) in [7, 11) is 0. The molecule has 25 heavy (non-hydrogen) atoms. The highest BCUT2D eigenvalue weighted by Gasteiger charge is 2.38. The number of tetrazole rings is 1. The zero-order chi connectivity index (χ0) is 17.4. The van der Waals surface area contributed by atoms with Crippen molar-refractivity contribution in [2.75, 3.05) is 0 Å². The molecule has 1 fully saturated rings. The highest BCUT2D eigenvalue weighted by atomic mass is 19.4. The summed E-state index contributed by atoms with van der Waals surface area (Å²) in [6.45, 7) is -0.805. The number of nitrogens with zero attached hydrogens (tertiary/aromatic N) is 5. The van der Waals surface area contributed by atoms with Crippen molar-refractivity contribution in [3.63, 3.8) is 0 Å². The van der Waals surface area contributed by atoms with Crippen LogP contribution < -0.4 is 0 Å². The number of aromatic nitrogens is 4. The number of benzene rings is 1. The minimum absolute atomic E-state index is 0.227. The Kier molecular flexibility index (Phi) is 4.07. The molecule has 2 bridgehead atoms. The Bertz CT molecular complexity index is 768. The van der Waals surface area contributed by atoms with Crippen LogP contribution in [0.25, 0.3) is 5.57 Å². The largest absolute Gasteiger partial charge is 0.408 e.